The average Bonchev–Trinajstić information content (AvgIpc) is 2.17. The van der Waals surface area contributed by atoms with Crippen LogP contribution in [0, 0.1) is 0 Å². The summed E-state index contributed by atoms with van der Waals surface area (Å²) in [6.45, 7) is 14.0. The van der Waals surface area contributed by atoms with Crippen LogP contribution in [0.3, 0.4) is 0 Å². The molecule has 3 heteroatoms. The van der Waals surface area contributed by atoms with Crippen molar-refractivity contribution < 1.29 is 15.5 Å². The lowest BCUT2D eigenvalue weighted by molar-refractivity contribution is -0.890. The van der Waals surface area contributed by atoms with Crippen molar-refractivity contribution in [2.45, 2.75) is 59.5 Å². The summed E-state index contributed by atoms with van der Waals surface area (Å²) in [6.07, 6.45) is 5.44. The third kappa shape index (κ3) is 11.9. The lowest BCUT2D eigenvalue weighted by atomic mass is 9.99. The van der Waals surface area contributed by atoms with E-state index in [1.807, 2.05) is 13.8 Å². The number of likely N-dealkylation sites (N-methyl/N-ethyl adjacent to an activating group) is 1. The molecule has 0 atom stereocenters. The fraction of sp³-hybridized carbons (Fsp3) is 0.857. The highest BCUT2D eigenvalue weighted by molar-refractivity contribution is 4.97. The molecule has 0 bridgehead atoms. The van der Waals surface area contributed by atoms with E-state index in [4.69, 9.17) is 0 Å². The zero-order valence-corrected chi connectivity index (χ0v) is 12.2. The fourth-order valence-electron chi connectivity index (χ4n) is 1.76. The van der Waals surface area contributed by atoms with Gasteiger partial charge >= 0.3 is 0 Å². The van der Waals surface area contributed by atoms with Crippen LogP contribution in [-0.2, 0) is 0 Å². The van der Waals surface area contributed by atoms with E-state index < -0.39 is 5.60 Å². The molecule has 0 saturated carbocycles. The van der Waals surface area contributed by atoms with Crippen LogP contribution in [0.4, 0.5) is 0 Å². The molecule has 0 amide bonds. The summed E-state index contributed by atoms with van der Waals surface area (Å²) in [5, 5.41) is 9.60. The van der Waals surface area contributed by atoms with E-state index >= 15 is 0 Å². The molecule has 0 aliphatic carbocycles. The molecule has 0 aromatic heterocycles. The minimum Gasteiger partial charge on any atom is -0.870 e. The van der Waals surface area contributed by atoms with Gasteiger partial charge in [-0.05, 0) is 60.0 Å². The monoisotopic (exact) mass is 245 g/mol. The molecule has 0 aliphatic heterocycles. The van der Waals surface area contributed by atoms with E-state index in [9.17, 15) is 5.11 Å². The summed E-state index contributed by atoms with van der Waals surface area (Å²) in [5.41, 5.74) is 0.952. The molecular weight excluding hydrogens is 214 g/mol. The topological polar surface area (TPSA) is 54.7 Å². The minimum atomic E-state index is -0.510. The van der Waals surface area contributed by atoms with Crippen LogP contribution in [0.25, 0.3) is 0 Å². The van der Waals surface area contributed by atoms with Crippen LogP contribution in [0.15, 0.2) is 11.6 Å². The lowest BCUT2D eigenvalue weighted by Gasteiger charge is -2.17. The maximum absolute atomic E-state index is 9.60. The van der Waals surface area contributed by atoms with Crippen LogP contribution in [0.5, 0.6) is 0 Å². The summed E-state index contributed by atoms with van der Waals surface area (Å²) in [5.74, 6) is 0. The Morgan fingerprint density at radius 2 is 1.76 bits per heavy atom. The van der Waals surface area contributed by atoms with Crippen molar-refractivity contribution in [2.75, 3.05) is 19.6 Å². The SMILES string of the molecule is CC[NH+](CC)C/C=C(/C)CCCC(C)(C)O.[OH-]. The average molecular weight is 245 g/mol. The molecule has 3 nitrogen and oxygen atoms in total. The van der Waals surface area contributed by atoms with Crippen LogP contribution < -0.4 is 4.90 Å². The zero-order valence-electron chi connectivity index (χ0n) is 12.2. The Bertz CT molecular complexity index is 203. The first-order valence-corrected chi connectivity index (χ1v) is 6.60. The lowest BCUT2D eigenvalue weighted by Crippen LogP contribution is -3.11. The third-order valence-corrected chi connectivity index (χ3v) is 3.10. The summed E-state index contributed by atoms with van der Waals surface area (Å²) < 4.78 is 0. The number of allylic oxidation sites excluding steroid dienone is 1. The Balaban J connectivity index is 0. The van der Waals surface area contributed by atoms with E-state index in [1.165, 1.54) is 18.7 Å². The maximum Gasteiger partial charge on any atom is 0.0960 e. The number of quaternary nitrogens is 1. The van der Waals surface area contributed by atoms with Gasteiger partial charge in [0.2, 0.25) is 0 Å². The Hall–Kier alpha value is -0.380. The van der Waals surface area contributed by atoms with E-state index in [-0.39, 0.29) is 5.48 Å². The first-order chi connectivity index (χ1) is 7.39. The van der Waals surface area contributed by atoms with Gasteiger partial charge in [0.25, 0.3) is 0 Å². The van der Waals surface area contributed by atoms with Gasteiger partial charge in [0, 0.05) is 0 Å². The van der Waals surface area contributed by atoms with Crippen molar-refractivity contribution in [1.82, 2.24) is 0 Å². The molecule has 0 rings (SSSR count). The second-order valence-electron chi connectivity index (χ2n) is 5.38. The van der Waals surface area contributed by atoms with Gasteiger partial charge in [0.05, 0.1) is 25.2 Å². The van der Waals surface area contributed by atoms with Gasteiger partial charge in [-0.25, -0.2) is 0 Å². The predicted octanol–water partition coefficient (Wildman–Crippen LogP) is 1.62. The maximum atomic E-state index is 9.60. The van der Waals surface area contributed by atoms with Crippen LogP contribution in [0.2, 0.25) is 0 Å². The highest BCUT2D eigenvalue weighted by Gasteiger charge is 2.11. The Morgan fingerprint density at radius 3 is 2.18 bits per heavy atom. The van der Waals surface area contributed by atoms with Crippen LogP contribution >= 0.6 is 0 Å². The number of aliphatic hydroxyl groups is 1. The first-order valence-electron chi connectivity index (χ1n) is 6.60. The smallest absolute Gasteiger partial charge is 0.0960 e. The quantitative estimate of drug-likeness (QED) is 0.639. The van der Waals surface area contributed by atoms with Gasteiger partial charge in [0.15, 0.2) is 0 Å². The van der Waals surface area contributed by atoms with Gasteiger partial charge in [-0.15, -0.1) is 0 Å². The Morgan fingerprint density at radius 1 is 1.24 bits per heavy atom. The number of hydrogen-bond donors (Lipinski definition) is 2. The van der Waals surface area contributed by atoms with E-state index in [1.54, 1.807) is 4.90 Å². The second-order valence-corrected chi connectivity index (χ2v) is 5.38. The van der Waals surface area contributed by atoms with Crippen molar-refractivity contribution in [2.24, 2.45) is 0 Å². The molecule has 0 radical (unpaired) electrons. The largest absolute Gasteiger partial charge is 0.870 e. The van der Waals surface area contributed by atoms with Gasteiger partial charge in [0.1, 0.15) is 0 Å². The van der Waals surface area contributed by atoms with E-state index in [0.29, 0.717) is 0 Å². The van der Waals surface area contributed by atoms with Crippen molar-refractivity contribution in [3.63, 3.8) is 0 Å². The van der Waals surface area contributed by atoms with Crippen molar-refractivity contribution >= 4 is 0 Å². The Kier molecular flexibility index (Phi) is 10.7. The molecule has 0 heterocycles. The molecule has 0 aliphatic rings. The van der Waals surface area contributed by atoms with Gasteiger partial charge in [-0.1, -0.05) is 5.57 Å². The summed E-state index contributed by atoms with van der Waals surface area (Å²) >= 11 is 0. The molecule has 0 unspecified atom stereocenters. The summed E-state index contributed by atoms with van der Waals surface area (Å²) in [6, 6.07) is 0. The van der Waals surface area contributed by atoms with Crippen molar-refractivity contribution in [3.05, 3.63) is 11.6 Å². The Labute approximate surface area is 107 Å². The van der Waals surface area contributed by atoms with Gasteiger partial charge < -0.3 is 15.5 Å². The summed E-state index contributed by atoms with van der Waals surface area (Å²) in [4.78, 5) is 1.63. The number of hydrogen-bond acceptors (Lipinski definition) is 2. The highest BCUT2D eigenvalue weighted by atomic mass is 16.3. The predicted molar refractivity (Wildman–Crippen MR) is 72.8 cm³/mol. The molecule has 0 aromatic rings. The van der Waals surface area contributed by atoms with Crippen molar-refractivity contribution in [1.29, 1.82) is 0 Å². The molecule has 3 N–H and O–H groups in total. The standard InChI is InChI=1S/C14H29NO.H2O/c1-6-15(7-2)12-10-13(3)9-8-11-14(4,5)16;/h10,16H,6-9,11-12H2,1-5H3;1H2/b13-10-;. The number of nitrogens with one attached hydrogen (secondary N) is 1. The zero-order chi connectivity index (χ0) is 12.6. The molecule has 0 saturated heterocycles. The van der Waals surface area contributed by atoms with Crippen LogP contribution in [-0.4, -0.2) is 35.8 Å². The van der Waals surface area contributed by atoms with Crippen LogP contribution in [0.1, 0.15) is 53.9 Å². The van der Waals surface area contributed by atoms with E-state index in [0.717, 1.165) is 25.8 Å². The molecular formula is C14H31NO2. The minimum absolute atomic E-state index is 0. The molecule has 17 heavy (non-hydrogen) atoms. The fourth-order valence-corrected chi connectivity index (χ4v) is 1.76. The normalized spacial score (nSPS) is 12.8. The van der Waals surface area contributed by atoms with E-state index in [2.05, 4.69) is 26.8 Å². The van der Waals surface area contributed by atoms with Crippen molar-refractivity contribution in [3.8, 4) is 0 Å². The molecule has 0 spiro atoms. The highest BCUT2D eigenvalue weighted by Crippen LogP contribution is 2.14. The second kappa shape index (κ2) is 9.63. The molecule has 0 fully saturated rings. The molecule has 0 aromatic carbocycles. The third-order valence-electron chi connectivity index (χ3n) is 3.10. The van der Waals surface area contributed by atoms with Gasteiger partial charge in [-0.3, -0.25) is 0 Å². The number of rotatable bonds is 8. The van der Waals surface area contributed by atoms with Gasteiger partial charge in [-0.2, -0.15) is 0 Å². The first kappa shape index (κ1) is 19.0. The summed E-state index contributed by atoms with van der Waals surface area (Å²) in [7, 11) is 0. The molecule has 104 valence electrons.